The van der Waals surface area contributed by atoms with Gasteiger partial charge in [-0.15, -0.1) is 0 Å². The fraction of sp³-hybridized carbons (Fsp3) is 0.333. The summed E-state index contributed by atoms with van der Waals surface area (Å²) in [6.07, 6.45) is 2.36. The number of halogens is 2. The van der Waals surface area contributed by atoms with E-state index in [-0.39, 0.29) is 28.6 Å². The van der Waals surface area contributed by atoms with Gasteiger partial charge in [-0.2, -0.15) is 4.37 Å². The second-order valence-corrected chi connectivity index (χ2v) is 5.28. The van der Waals surface area contributed by atoms with Crippen molar-refractivity contribution < 1.29 is 18.3 Å². The molecular weight excluding hydrogens is 302 g/mol. The van der Waals surface area contributed by atoms with E-state index in [1.54, 1.807) is 0 Å². The molecule has 1 aliphatic rings. The van der Waals surface area contributed by atoms with Crippen molar-refractivity contribution >= 4 is 22.6 Å². The van der Waals surface area contributed by atoms with Crippen molar-refractivity contribution in [3.8, 4) is 5.88 Å². The minimum absolute atomic E-state index is 0.0113. The number of ether oxygens (including phenoxy) is 1. The van der Waals surface area contributed by atoms with Crippen LogP contribution in [0.15, 0.2) is 18.6 Å². The SMILES string of the molecule is COc1nccc(C2CC2(F)F)c1C(=O)Nc1ncns1. The Labute approximate surface area is 122 Å². The van der Waals surface area contributed by atoms with E-state index in [2.05, 4.69) is 19.7 Å². The highest BCUT2D eigenvalue weighted by Gasteiger charge is 2.58. The molecule has 2 heterocycles. The van der Waals surface area contributed by atoms with E-state index in [4.69, 9.17) is 4.74 Å². The normalized spacial score (nSPS) is 19.1. The van der Waals surface area contributed by atoms with E-state index in [1.165, 1.54) is 25.7 Å². The molecule has 1 N–H and O–H groups in total. The van der Waals surface area contributed by atoms with Crippen LogP contribution in [-0.2, 0) is 0 Å². The van der Waals surface area contributed by atoms with E-state index >= 15 is 0 Å². The van der Waals surface area contributed by atoms with Crippen LogP contribution in [0.3, 0.4) is 0 Å². The zero-order chi connectivity index (χ0) is 15.0. The molecule has 1 amide bonds. The number of alkyl halides is 2. The molecular formula is C12H10F2N4O2S. The van der Waals surface area contributed by atoms with Crippen molar-refractivity contribution in [1.29, 1.82) is 0 Å². The largest absolute Gasteiger partial charge is 0.480 e. The maximum Gasteiger partial charge on any atom is 0.263 e. The quantitative estimate of drug-likeness (QED) is 0.937. The number of carbonyl (C=O) groups is 1. The molecule has 0 aliphatic heterocycles. The molecule has 1 unspecified atom stereocenters. The number of nitrogens with one attached hydrogen (secondary N) is 1. The molecule has 0 saturated heterocycles. The van der Waals surface area contributed by atoms with Gasteiger partial charge in [0.15, 0.2) is 0 Å². The van der Waals surface area contributed by atoms with Crippen molar-refractivity contribution in [3.63, 3.8) is 0 Å². The average molecular weight is 312 g/mol. The summed E-state index contributed by atoms with van der Waals surface area (Å²) in [5, 5.41) is 2.78. The molecule has 0 aromatic carbocycles. The van der Waals surface area contributed by atoms with Gasteiger partial charge in [0, 0.05) is 24.2 Å². The fourth-order valence-electron chi connectivity index (χ4n) is 2.07. The second-order valence-electron chi connectivity index (χ2n) is 4.50. The molecule has 21 heavy (non-hydrogen) atoms. The number of carbonyl (C=O) groups excluding carboxylic acids is 1. The van der Waals surface area contributed by atoms with Crippen molar-refractivity contribution in [2.45, 2.75) is 18.3 Å². The fourth-order valence-corrected chi connectivity index (χ4v) is 2.50. The highest BCUT2D eigenvalue weighted by Crippen LogP contribution is 2.56. The highest BCUT2D eigenvalue weighted by molar-refractivity contribution is 7.09. The van der Waals surface area contributed by atoms with Gasteiger partial charge in [0.05, 0.1) is 13.0 Å². The van der Waals surface area contributed by atoms with Gasteiger partial charge in [-0.25, -0.2) is 18.7 Å². The number of hydrogen-bond donors (Lipinski definition) is 1. The predicted molar refractivity (Wildman–Crippen MR) is 71.0 cm³/mol. The number of pyridine rings is 1. The summed E-state index contributed by atoms with van der Waals surface area (Å²) >= 11 is 0.987. The first-order valence-corrected chi connectivity index (χ1v) is 6.79. The van der Waals surface area contributed by atoms with Crippen molar-refractivity contribution in [1.82, 2.24) is 14.3 Å². The third-order valence-corrected chi connectivity index (χ3v) is 3.73. The van der Waals surface area contributed by atoms with Crippen LogP contribution in [0.2, 0.25) is 0 Å². The molecule has 3 rings (SSSR count). The van der Waals surface area contributed by atoms with Crippen LogP contribution >= 0.6 is 11.5 Å². The maximum absolute atomic E-state index is 13.3. The molecule has 1 atom stereocenters. The van der Waals surface area contributed by atoms with Crippen LogP contribution in [0, 0.1) is 0 Å². The van der Waals surface area contributed by atoms with Gasteiger partial charge in [-0.05, 0) is 11.6 Å². The Morgan fingerprint density at radius 2 is 2.29 bits per heavy atom. The van der Waals surface area contributed by atoms with E-state index in [9.17, 15) is 13.6 Å². The van der Waals surface area contributed by atoms with E-state index in [0.29, 0.717) is 0 Å². The summed E-state index contributed by atoms with van der Waals surface area (Å²) in [6.45, 7) is 0. The van der Waals surface area contributed by atoms with E-state index < -0.39 is 17.7 Å². The third kappa shape index (κ3) is 2.56. The summed E-state index contributed by atoms with van der Waals surface area (Å²) in [5.41, 5.74) is 0.242. The van der Waals surface area contributed by atoms with Crippen LogP contribution < -0.4 is 10.1 Å². The monoisotopic (exact) mass is 312 g/mol. The molecule has 0 radical (unpaired) electrons. The Balaban J connectivity index is 1.97. The second kappa shape index (κ2) is 4.99. The minimum Gasteiger partial charge on any atom is -0.480 e. The molecule has 0 spiro atoms. The van der Waals surface area contributed by atoms with Crippen LogP contribution in [-0.4, -0.2) is 33.3 Å². The number of methoxy groups -OCH3 is 1. The standard InChI is InChI=1S/C12H10F2N4O2S/c1-20-10-8(9(19)18-11-16-5-17-21-11)6(2-3-15-10)7-4-12(7,13)14/h2-3,5,7H,4H2,1H3,(H,16,17,18,19). The third-order valence-electron chi connectivity index (χ3n) is 3.15. The Bertz CT molecular complexity index is 678. The number of anilines is 1. The molecule has 110 valence electrons. The first-order chi connectivity index (χ1) is 10.0. The number of nitrogens with zero attached hydrogens (tertiary/aromatic N) is 3. The lowest BCUT2D eigenvalue weighted by molar-refractivity contribution is 0.101. The zero-order valence-corrected chi connectivity index (χ0v) is 11.7. The number of rotatable bonds is 4. The first kappa shape index (κ1) is 13.8. The van der Waals surface area contributed by atoms with Crippen LogP contribution in [0.1, 0.15) is 28.3 Å². The van der Waals surface area contributed by atoms with Crippen molar-refractivity contribution in [2.24, 2.45) is 0 Å². The van der Waals surface area contributed by atoms with Crippen LogP contribution in [0.4, 0.5) is 13.9 Å². The van der Waals surface area contributed by atoms with Gasteiger partial charge in [-0.1, -0.05) is 0 Å². The molecule has 0 bridgehead atoms. The maximum atomic E-state index is 13.3. The smallest absolute Gasteiger partial charge is 0.263 e. The molecule has 2 aromatic rings. The summed E-state index contributed by atoms with van der Waals surface area (Å²) in [6, 6.07) is 1.42. The summed E-state index contributed by atoms with van der Waals surface area (Å²) in [7, 11) is 1.33. The molecule has 1 fully saturated rings. The highest BCUT2D eigenvalue weighted by atomic mass is 32.1. The molecule has 1 saturated carbocycles. The van der Waals surface area contributed by atoms with Gasteiger partial charge in [0.1, 0.15) is 11.9 Å². The lowest BCUT2D eigenvalue weighted by Crippen LogP contribution is -2.16. The van der Waals surface area contributed by atoms with Gasteiger partial charge in [0.2, 0.25) is 11.0 Å². The van der Waals surface area contributed by atoms with Crippen molar-refractivity contribution in [3.05, 3.63) is 29.7 Å². The average Bonchev–Trinajstić information content (AvgIpc) is 2.87. The first-order valence-electron chi connectivity index (χ1n) is 6.01. The van der Waals surface area contributed by atoms with Gasteiger partial charge >= 0.3 is 0 Å². The molecule has 9 heteroatoms. The lowest BCUT2D eigenvalue weighted by Gasteiger charge is -2.11. The van der Waals surface area contributed by atoms with Crippen LogP contribution in [0.25, 0.3) is 0 Å². The molecule has 2 aromatic heterocycles. The summed E-state index contributed by atoms with van der Waals surface area (Å²) in [4.78, 5) is 20.0. The van der Waals surface area contributed by atoms with Crippen LogP contribution in [0.5, 0.6) is 5.88 Å². The lowest BCUT2D eigenvalue weighted by atomic mass is 10.0. The zero-order valence-electron chi connectivity index (χ0n) is 10.8. The van der Waals surface area contributed by atoms with Crippen molar-refractivity contribution in [2.75, 3.05) is 12.4 Å². The Hall–Kier alpha value is -2.16. The Morgan fingerprint density at radius 1 is 1.52 bits per heavy atom. The number of hydrogen-bond acceptors (Lipinski definition) is 6. The van der Waals surface area contributed by atoms with Gasteiger partial charge < -0.3 is 4.74 Å². The van der Waals surface area contributed by atoms with Gasteiger partial charge in [-0.3, -0.25) is 10.1 Å². The van der Waals surface area contributed by atoms with E-state index in [0.717, 1.165) is 11.5 Å². The summed E-state index contributed by atoms with van der Waals surface area (Å²) < 4.78 is 35.4. The molecule has 6 nitrogen and oxygen atoms in total. The molecule has 1 aliphatic carbocycles. The Morgan fingerprint density at radius 3 is 2.86 bits per heavy atom. The topological polar surface area (TPSA) is 77.0 Å². The van der Waals surface area contributed by atoms with E-state index in [1.807, 2.05) is 0 Å². The number of amides is 1. The van der Waals surface area contributed by atoms with Gasteiger partial charge in [0.25, 0.3) is 11.8 Å². The predicted octanol–water partition coefficient (Wildman–Crippen LogP) is 2.32. The Kier molecular flexibility index (Phi) is 3.28. The minimum atomic E-state index is -2.79. The number of aromatic nitrogens is 3. The summed E-state index contributed by atoms with van der Waals surface area (Å²) in [5.74, 6) is -4.35.